The van der Waals surface area contributed by atoms with E-state index in [4.69, 9.17) is 23.2 Å². The standard InChI is InChI=1S/C16H19Cl2N3O2/c17-11-3-6-13(18)14(8-11)20-16(23)21-7-1-2-10(9-21)15(22)19-12-4-5-12/h3,6,8,10,12H,1-2,4-5,7,9H2,(H,19,22)(H,20,23)/t10-/m1/s1. The molecule has 0 aromatic heterocycles. The number of rotatable bonds is 3. The first kappa shape index (κ1) is 16.4. The fraction of sp³-hybridized carbons (Fsp3) is 0.500. The van der Waals surface area contributed by atoms with Crippen LogP contribution in [0.5, 0.6) is 0 Å². The molecule has 2 fully saturated rings. The second-order valence-electron chi connectivity index (χ2n) is 6.12. The van der Waals surface area contributed by atoms with Gasteiger partial charge in [0, 0.05) is 24.2 Å². The lowest BCUT2D eigenvalue weighted by Gasteiger charge is -2.32. The van der Waals surface area contributed by atoms with E-state index in [-0.39, 0.29) is 17.9 Å². The molecule has 5 nitrogen and oxygen atoms in total. The third-order valence-corrected chi connectivity index (χ3v) is 4.74. The first-order valence-corrected chi connectivity index (χ1v) is 8.60. The minimum absolute atomic E-state index is 0.0609. The molecule has 1 aliphatic carbocycles. The van der Waals surface area contributed by atoms with Crippen LogP contribution in [0.1, 0.15) is 25.7 Å². The molecule has 124 valence electrons. The smallest absolute Gasteiger partial charge is 0.321 e. The Morgan fingerprint density at radius 3 is 2.70 bits per heavy atom. The summed E-state index contributed by atoms with van der Waals surface area (Å²) in [6.45, 7) is 1.07. The normalized spacial score (nSPS) is 21.0. The second kappa shape index (κ2) is 6.97. The van der Waals surface area contributed by atoms with E-state index in [0.717, 1.165) is 25.7 Å². The van der Waals surface area contributed by atoms with E-state index in [1.807, 2.05) is 0 Å². The monoisotopic (exact) mass is 355 g/mol. The van der Waals surface area contributed by atoms with E-state index in [0.29, 0.717) is 34.9 Å². The maximum Gasteiger partial charge on any atom is 0.321 e. The van der Waals surface area contributed by atoms with Gasteiger partial charge in [-0.1, -0.05) is 23.2 Å². The van der Waals surface area contributed by atoms with Crippen molar-refractivity contribution < 1.29 is 9.59 Å². The zero-order valence-electron chi connectivity index (χ0n) is 12.6. The van der Waals surface area contributed by atoms with Crippen LogP contribution in [0.4, 0.5) is 10.5 Å². The number of piperidine rings is 1. The molecule has 1 aliphatic heterocycles. The number of carbonyl (C=O) groups excluding carboxylic acids is 2. The molecule has 1 heterocycles. The summed E-state index contributed by atoms with van der Waals surface area (Å²) in [5.41, 5.74) is 0.480. The molecule has 2 N–H and O–H groups in total. The van der Waals surface area contributed by atoms with Gasteiger partial charge in [0.05, 0.1) is 16.6 Å². The van der Waals surface area contributed by atoms with Crippen molar-refractivity contribution in [2.24, 2.45) is 5.92 Å². The van der Waals surface area contributed by atoms with Crippen LogP contribution in [0.25, 0.3) is 0 Å². The van der Waals surface area contributed by atoms with Crippen LogP contribution in [0.3, 0.4) is 0 Å². The molecule has 1 saturated heterocycles. The van der Waals surface area contributed by atoms with Gasteiger partial charge >= 0.3 is 6.03 Å². The minimum Gasteiger partial charge on any atom is -0.353 e. The summed E-state index contributed by atoms with van der Waals surface area (Å²) >= 11 is 12.0. The molecule has 1 aromatic rings. The van der Waals surface area contributed by atoms with Gasteiger partial charge in [-0.15, -0.1) is 0 Å². The lowest BCUT2D eigenvalue weighted by molar-refractivity contribution is -0.126. The highest BCUT2D eigenvalue weighted by molar-refractivity contribution is 6.35. The van der Waals surface area contributed by atoms with E-state index in [1.165, 1.54) is 0 Å². The molecule has 1 aromatic carbocycles. The van der Waals surface area contributed by atoms with Gasteiger partial charge in [0.25, 0.3) is 0 Å². The molecule has 2 aliphatic rings. The molecule has 3 rings (SSSR count). The Balaban J connectivity index is 1.60. The quantitative estimate of drug-likeness (QED) is 0.871. The van der Waals surface area contributed by atoms with Gasteiger partial charge < -0.3 is 15.5 Å². The average Bonchev–Trinajstić information content (AvgIpc) is 3.35. The molecular weight excluding hydrogens is 337 g/mol. The SMILES string of the molecule is O=C(NC1CC1)[C@@H]1CCCN(C(=O)Nc2cc(Cl)ccc2Cl)C1. The van der Waals surface area contributed by atoms with Crippen molar-refractivity contribution in [3.8, 4) is 0 Å². The lowest BCUT2D eigenvalue weighted by Crippen LogP contribution is -2.47. The third-order valence-electron chi connectivity index (χ3n) is 4.17. The van der Waals surface area contributed by atoms with Crippen LogP contribution in [0.2, 0.25) is 10.0 Å². The Morgan fingerprint density at radius 1 is 1.17 bits per heavy atom. The first-order chi connectivity index (χ1) is 11.0. The van der Waals surface area contributed by atoms with Gasteiger partial charge in [-0.05, 0) is 43.9 Å². The largest absolute Gasteiger partial charge is 0.353 e. The molecule has 0 bridgehead atoms. The van der Waals surface area contributed by atoms with Crippen LogP contribution in [-0.2, 0) is 4.79 Å². The maximum absolute atomic E-state index is 12.4. The summed E-state index contributed by atoms with van der Waals surface area (Å²) in [6.07, 6.45) is 3.77. The number of benzene rings is 1. The van der Waals surface area contributed by atoms with Crippen molar-refractivity contribution in [3.05, 3.63) is 28.2 Å². The van der Waals surface area contributed by atoms with Gasteiger partial charge in [0.1, 0.15) is 0 Å². The van der Waals surface area contributed by atoms with Crippen molar-refractivity contribution in [2.45, 2.75) is 31.7 Å². The highest BCUT2D eigenvalue weighted by atomic mass is 35.5. The third kappa shape index (κ3) is 4.30. The van der Waals surface area contributed by atoms with E-state index in [2.05, 4.69) is 10.6 Å². The topological polar surface area (TPSA) is 61.4 Å². The van der Waals surface area contributed by atoms with E-state index in [9.17, 15) is 9.59 Å². The van der Waals surface area contributed by atoms with Crippen molar-refractivity contribution in [1.82, 2.24) is 10.2 Å². The molecule has 1 saturated carbocycles. The number of nitrogens with zero attached hydrogens (tertiary/aromatic N) is 1. The molecule has 7 heteroatoms. The number of amides is 3. The summed E-state index contributed by atoms with van der Waals surface area (Å²) < 4.78 is 0. The predicted molar refractivity (Wildman–Crippen MR) is 90.9 cm³/mol. The molecule has 1 atom stereocenters. The molecule has 0 radical (unpaired) electrons. The fourth-order valence-corrected chi connectivity index (χ4v) is 3.05. The van der Waals surface area contributed by atoms with Gasteiger partial charge in [-0.3, -0.25) is 4.79 Å². The number of likely N-dealkylation sites (tertiary alicyclic amines) is 1. The van der Waals surface area contributed by atoms with Crippen LogP contribution in [0, 0.1) is 5.92 Å². The van der Waals surface area contributed by atoms with Crippen LogP contribution >= 0.6 is 23.2 Å². The number of anilines is 1. The first-order valence-electron chi connectivity index (χ1n) is 7.84. The van der Waals surface area contributed by atoms with Crippen LogP contribution in [-0.4, -0.2) is 36.0 Å². The van der Waals surface area contributed by atoms with Gasteiger partial charge in [-0.25, -0.2) is 4.79 Å². The van der Waals surface area contributed by atoms with E-state index in [1.54, 1.807) is 23.1 Å². The number of urea groups is 1. The van der Waals surface area contributed by atoms with Crippen LogP contribution < -0.4 is 10.6 Å². The Labute approximate surface area is 145 Å². The minimum atomic E-state index is -0.252. The van der Waals surface area contributed by atoms with Gasteiger partial charge in [0.15, 0.2) is 0 Å². The average molecular weight is 356 g/mol. The summed E-state index contributed by atoms with van der Waals surface area (Å²) in [7, 11) is 0. The molecular formula is C16H19Cl2N3O2. The van der Waals surface area contributed by atoms with Gasteiger partial charge in [-0.2, -0.15) is 0 Å². The number of hydrogen-bond acceptors (Lipinski definition) is 2. The summed E-state index contributed by atoms with van der Waals surface area (Å²) in [4.78, 5) is 26.2. The summed E-state index contributed by atoms with van der Waals surface area (Å²) in [5, 5.41) is 6.72. The van der Waals surface area contributed by atoms with Crippen molar-refractivity contribution in [3.63, 3.8) is 0 Å². The zero-order chi connectivity index (χ0) is 16.4. The highest BCUT2D eigenvalue weighted by Crippen LogP contribution is 2.27. The van der Waals surface area contributed by atoms with Crippen molar-refractivity contribution in [1.29, 1.82) is 0 Å². The summed E-state index contributed by atoms with van der Waals surface area (Å²) in [5.74, 6) is -0.0734. The summed E-state index contributed by atoms with van der Waals surface area (Å²) in [6, 6.07) is 5.01. The Bertz CT molecular complexity index is 619. The second-order valence-corrected chi connectivity index (χ2v) is 6.97. The molecule has 3 amide bonds. The molecule has 0 spiro atoms. The fourth-order valence-electron chi connectivity index (χ4n) is 2.71. The van der Waals surface area contributed by atoms with Crippen LogP contribution in [0.15, 0.2) is 18.2 Å². The number of halogens is 2. The zero-order valence-corrected chi connectivity index (χ0v) is 14.2. The van der Waals surface area contributed by atoms with Crippen molar-refractivity contribution >= 4 is 40.8 Å². The maximum atomic E-state index is 12.4. The van der Waals surface area contributed by atoms with Gasteiger partial charge in [0.2, 0.25) is 5.91 Å². The number of carbonyl (C=O) groups is 2. The van der Waals surface area contributed by atoms with E-state index >= 15 is 0 Å². The lowest BCUT2D eigenvalue weighted by atomic mass is 9.97. The number of hydrogen-bond donors (Lipinski definition) is 2. The molecule has 0 unspecified atom stereocenters. The van der Waals surface area contributed by atoms with Crippen molar-refractivity contribution in [2.75, 3.05) is 18.4 Å². The highest BCUT2D eigenvalue weighted by Gasteiger charge is 2.32. The molecule has 23 heavy (non-hydrogen) atoms. The Hall–Kier alpha value is -1.46. The number of nitrogens with one attached hydrogen (secondary N) is 2. The Morgan fingerprint density at radius 2 is 1.96 bits per heavy atom. The Kier molecular flexibility index (Phi) is 4.97. The van der Waals surface area contributed by atoms with E-state index < -0.39 is 0 Å². The predicted octanol–water partition coefficient (Wildman–Crippen LogP) is 3.52.